The Morgan fingerprint density at radius 2 is 2.23 bits per heavy atom. The van der Waals surface area contributed by atoms with Gasteiger partial charge in [-0.2, -0.15) is 8.78 Å². The number of hydrogen-bond acceptors (Lipinski definition) is 4. The lowest BCUT2D eigenvalue weighted by molar-refractivity contribution is -0.0499. The number of halogens is 2. The molecule has 0 spiro atoms. The van der Waals surface area contributed by atoms with Crippen molar-refractivity contribution in [1.82, 2.24) is 10.2 Å². The molecule has 1 atom stereocenters. The second-order valence-corrected chi connectivity index (χ2v) is 4.87. The van der Waals surface area contributed by atoms with Gasteiger partial charge in [-0.3, -0.25) is 0 Å². The van der Waals surface area contributed by atoms with Crippen molar-refractivity contribution in [3.8, 4) is 11.5 Å². The highest BCUT2D eigenvalue weighted by atomic mass is 19.3. The summed E-state index contributed by atoms with van der Waals surface area (Å²) in [7, 11) is 0. The molecule has 0 bridgehead atoms. The van der Waals surface area contributed by atoms with Gasteiger partial charge in [-0.1, -0.05) is 6.07 Å². The molecule has 0 saturated carbocycles. The zero-order chi connectivity index (χ0) is 15.9. The third-order valence-electron chi connectivity index (χ3n) is 3.29. The summed E-state index contributed by atoms with van der Waals surface area (Å²) in [5.41, 5.74) is 0. The summed E-state index contributed by atoms with van der Waals surface area (Å²) in [6.07, 6.45) is -0.312. The van der Waals surface area contributed by atoms with Gasteiger partial charge in [-0.15, -0.1) is 0 Å². The number of benzene rings is 1. The largest absolute Gasteiger partial charge is 0.493 e. The molecule has 2 rings (SSSR count). The lowest BCUT2D eigenvalue weighted by Gasteiger charge is -2.31. The van der Waals surface area contributed by atoms with Crippen molar-refractivity contribution in [2.75, 3.05) is 26.2 Å². The molecule has 1 saturated heterocycles. The highest BCUT2D eigenvalue weighted by molar-refractivity contribution is 5.65. The molecule has 0 radical (unpaired) electrons. The number of piperazine rings is 1. The van der Waals surface area contributed by atoms with E-state index in [0.717, 1.165) is 0 Å². The molecule has 22 heavy (non-hydrogen) atoms. The number of nitrogens with one attached hydrogen (secondary N) is 1. The minimum Gasteiger partial charge on any atom is -0.493 e. The van der Waals surface area contributed by atoms with E-state index in [0.29, 0.717) is 38.4 Å². The maximum absolute atomic E-state index is 12.1. The first-order valence-electron chi connectivity index (χ1n) is 6.93. The van der Waals surface area contributed by atoms with Gasteiger partial charge >= 0.3 is 12.7 Å². The Morgan fingerprint density at radius 3 is 2.95 bits per heavy atom. The van der Waals surface area contributed by atoms with E-state index in [1.807, 2.05) is 0 Å². The standard InChI is InChI=1S/C14H18F2N2O4/c15-13(16)22-12-3-1-2-11(8-12)21-7-4-10-9-18(14(19)20)6-5-17-10/h1-3,8,10,13,17H,4-7,9H2,(H,19,20)/t10-/m1/s1. The van der Waals surface area contributed by atoms with E-state index < -0.39 is 12.7 Å². The molecule has 0 aliphatic carbocycles. The number of carbonyl (C=O) groups is 1. The summed E-state index contributed by atoms with van der Waals surface area (Å²) in [6, 6.07) is 6.05. The van der Waals surface area contributed by atoms with Crippen molar-refractivity contribution in [2.24, 2.45) is 0 Å². The number of ether oxygens (including phenoxy) is 2. The highest BCUT2D eigenvalue weighted by Crippen LogP contribution is 2.21. The molecule has 1 aliphatic heterocycles. The van der Waals surface area contributed by atoms with Crippen molar-refractivity contribution < 1.29 is 28.2 Å². The molecule has 2 N–H and O–H groups in total. The van der Waals surface area contributed by atoms with E-state index in [9.17, 15) is 13.6 Å². The number of nitrogens with zero attached hydrogens (tertiary/aromatic N) is 1. The summed E-state index contributed by atoms with van der Waals surface area (Å²) in [5.74, 6) is 0.476. The van der Waals surface area contributed by atoms with Crippen LogP contribution < -0.4 is 14.8 Å². The van der Waals surface area contributed by atoms with Crippen LogP contribution in [0.5, 0.6) is 11.5 Å². The van der Waals surface area contributed by atoms with E-state index in [1.165, 1.54) is 17.0 Å². The molecule has 1 fully saturated rings. The molecule has 8 heteroatoms. The van der Waals surface area contributed by atoms with Crippen molar-refractivity contribution in [3.05, 3.63) is 24.3 Å². The maximum atomic E-state index is 12.1. The molecule has 1 amide bonds. The molecule has 6 nitrogen and oxygen atoms in total. The Kier molecular flexibility index (Phi) is 5.76. The number of amides is 1. The molecule has 1 aliphatic rings. The molecule has 1 aromatic carbocycles. The van der Waals surface area contributed by atoms with Gasteiger partial charge in [0, 0.05) is 31.7 Å². The zero-order valence-electron chi connectivity index (χ0n) is 11.9. The van der Waals surface area contributed by atoms with Crippen molar-refractivity contribution >= 4 is 6.09 Å². The monoisotopic (exact) mass is 316 g/mol. The van der Waals surface area contributed by atoms with Crippen LogP contribution in [-0.4, -0.2) is 55.0 Å². The first-order valence-corrected chi connectivity index (χ1v) is 6.93. The van der Waals surface area contributed by atoms with Crippen LogP contribution >= 0.6 is 0 Å². The predicted octanol–water partition coefficient (Wildman–Crippen LogP) is 2.01. The Labute approximate surface area is 126 Å². The Hall–Kier alpha value is -2.09. The number of hydrogen-bond donors (Lipinski definition) is 2. The minimum absolute atomic E-state index is 0.0188. The second-order valence-electron chi connectivity index (χ2n) is 4.87. The molecular formula is C14H18F2N2O4. The lowest BCUT2D eigenvalue weighted by atomic mass is 10.1. The number of carboxylic acid groups (broad SMARTS) is 1. The second kappa shape index (κ2) is 7.79. The van der Waals surface area contributed by atoms with Crippen molar-refractivity contribution in [2.45, 2.75) is 19.1 Å². The highest BCUT2D eigenvalue weighted by Gasteiger charge is 2.22. The number of rotatable bonds is 6. The van der Waals surface area contributed by atoms with E-state index in [2.05, 4.69) is 10.1 Å². The summed E-state index contributed by atoms with van der Waals surface area (Å²) >= 11 is 0. The average Bonchev–Trinajstić information content (AvgIpc) is 2.47. The smallest absolute Gasteiger partial charge is 0.407 e. The lowest BCUT2D eigenvalue weighted by Crippen LogP contribution is -2.52. The van der Waals surface area contributed by atoms with Crippen LogP contribution in [0.25, 0.3) is 0 Å². The average molecular weight is 316 g/mol. The molecule has 122 valence electrons. The third kappa shape index (κ3) is 5.03. The summed E-state index contributed by atoms with van der Waals surface area (Å²) in [4.78, 5) is 12.3. The predicted molar refractivity (Wildman–Crippen MR) is 74.6 cm³/mol. The SMILES string of the molecule is O=C(O)N1CCN[C@H](CCOc2cccc(OC(F)F)c2)C1. The first kappa shape index (κ1) is 16.3. The Balaban J connectivity index is 1.77. The summed E-state index contributed by atoms with van der Waals surface area (Å²) < 4.78 is 34.0. The van der Waals surface area contributed by atoms with Crippen LogP contribution in [0.3, 0.4) is 0 Å². The van der Waals surface area contributed by atoms with E-state index >= 15 is 0 Å². The Bertz CT molecular complexity index is 501. The quantitative estimate of drug-likeness (QED) is 0.840. The van der Waals surface area contributed by atoms with Crippen LogP contribution in [0.4, 0.5) is 13.6 Å². The number of alkyl halides is 2. The van der Waals surface area contributed by atoms with Gasteiger partial charge in [-0.25, -0.2) is 4.79 Å². The van der Waals surface area contributed by atoms with Crippen LogP contribution in [0.2, 0.25) is 0 Å². The minimum atomic E-state index is -2.87. The van der Waals surface area contributed by atoms with Gasteiger partial charge in [0.2, 0.25) is 0 Å². The van der Waals surface area contributed by atoms with Gasteiger partial charge in [0.1, 0.15) is 11.5 Å². The van der Waals surface area contributed by atoms with Gasteiger partial charge in [0.15, 0.2) is 0 Å². The van der Waals surface area contributed by atoms with Crippen molar-refractivity contribution in [1.29, 1.82) is 0 Å². The fraction of sp³-hybridized carbons (Fsp3) is 0.500. The first-order chi connectivity index (χ1) is 10.5. The molecule has 0 unspecified atom stereocenters. The van der Waals surface area contributed by atoms with Crippen molar-refractivity contribution in [3.63, 3.8) is 0 Å². The van der Waals surface area contributed by atoms with E-state index in [-0.39, 0.29) is 11.8 Å². The summed E-state index contributed by atoms with van der Waals surface area (Å²) in [5, 5.41) is 12.2. The van der Waals surface area contributed by atoms with Gasteiger partial charge in [0.25, 0.3) is 0 Å². The molecule has 0 aromatic heterocycles. The fourth-order valence-electron chi connectivity index (χ4n) is 2.25. The van der Waals surface area contributed by atoms with E-state index in [1.54, 1.807) is 12.1 Å². The van der Waals surface area contributed by atoms with Gasteiger partial charge < -0.3 is 24.8 Å². The van der Waals surface area contributed by atoms with Crippen LogP contribution in [-0.2, 0) is 0 Å². The van der Waals surface area contributed by atoms with Gasteiger partial charge in [0.05, 0.1) is 6.61 Å². The molecule has 1 heterocycles. The third-order valence-corrected chi connectivity index (χ3v) is 3.29. The Morgan fingerprint density at radius 1 is 1.45 bits per heavy atom. The zero-order valence-corrected chi connectivity index (χ0v) is 11.9. The van der Waals surface area contributed by atoms with Crippen LogP contribution in [0.1, 0.15) is 6.42 Å². The summed E-state index contributed by atoms with van der Waals surface area (Å²) in [6.45, 7) is -1.03. The molecule has 1 aromatic rings. The topological polar surface area (TPSA) is 71.0 Å². The molecular weight excluding hydrogens is 298 g/mol. The van der Waals surface area contributed by atoms with Gasteiger partial charge in [-0.05, 0) is 18.6 Å². The van der Waals surface area contributed by atoms with Crippen LogP contribution in [0.15, 0.2) is 24.3 Å². The van der Waals surface area contributed by atoms with E-state index in [4.69, 9.17) is 9.84 Å². The fourth-order valence-corrected chi connectivity index (χ4v) is 2.25. The normalized spacial score (nSPS) is 18.3. The maximum Gasteiger partial charge on any atom is 0.407 e. The van der Waals surface area contributed by atoms with Crippen LogP contribution in [0, 0.1) is 0 Å².